The molecule has 0 nitrogen and oxygen atoms in total. The van der Waals surface area contributed by atoms with Crippen molar-refractivity contribution in [3.05, 3.63) is 34.1 Å². The molecule has 6 heteroatoms. The minimum atomic E-state index is -4.62. The molecule has 0 aromatic heterocycles. The lowest BCUT2D eigenvalue weighted by Gasteiger charge is -2.12. The summed E-state index contributed by atoms with van der Waals surface area (Å²) >= 11 is 10.5. The Morgan fingerprint density at radius 1 is 1.21 bits per heavy atom. The third-order valence-corrected chi connectivity index (χ3v) is 2.15. The first kappa shape index (κ1) is 11.6. The minimum Gasteiger partial charge on any atom is -0.207 e. The number of halogens is 6. The Balaban J connectivity index is 3.40. The molecule has 0 amide bonds. The first-order valence-corrected chi connectivity index (χ1v) is 4.38. The summed E-state index contributed by atoms with van der Waals surface area (Å²) in [6, 6.07) is 1.34. The molecule has 0 aliphatic rings. The van der Waals surface area contributed by atoms with Gasteiger partial charge in [0.1, 0.15) is 5.82 Å². The fraction of sp³-hybridized carbons (Fsp3) is 0.250. The van der Waals surface area contributed by atoms with Gasteiger partial charge in [0.25, 0.3) is 0 Å². The molecule has 1 rings (SSSR count). The fourth-order valence-corrected chi connectivity index (χ4v) is 1.59. The molecule has 14 heavy (non-hydrogen) atoms. The van der Waals surface area contributed by atoms with Gasteiger partial charge >= 0.3 is 6.18 Å². The Hall–Kier alpha value is -0.480. The number of hydrogen-bond donors (Lipinski definition) is 0. The highest BCUT2D eigenvalue weighted by molar-refractivity contribution is 6.31. The highest BCUT2D eigenvalue weighted by Gasteiger charge is 2.36. The first-order chi connectivity index (χ1) is 6.36. The molecule has 1 aromatic rings. The summed E-state index contributed by atoms with van der Waals surface area (Å²) in [5.41, 5.74) is -1.43. The predicted octanol–water partition coefficient (Wildman–Crippen LogP) is 4.24. The van der Waals surface area contributed by atoms with Crippen LogP contribution in [0.15, 0.2) is 12.1 Å². The van der Waals surface area contributed by atoms with E-state index in [9.17, 15) is 17.6 Å². The summed E-state index contributed by atoms with van der Waals surface area (Å²) in [7, 11) is 0. The standard InChI is InChI=1S/C8H4Cl2F4/c9-3-4-1-5(11)2-6(10)7(4)8(12,13)14/h1-2H,3H2. The van der Waals surface area contributed by atoms with Crippen LogP contribution in [0, 0.1) is 5.82 Å². The van der Waals surface area contributed by atoms with E-state index in [-0.39, 0.29) is 5.56 Å². The number of hydrogen-bond acceptors (Lipinski definition) is 0. The van der Waals surface area contributed by atoms with E-state index in [1.165, 1.54) is 0 Å². The number of alkyl halides is 4. The van der Waals surface area contributed by atoms with Gasteiger partial charge in [-0.25, -0.2) is 4.39 Å². The second-order valence-electron chi connectivity index (χ2n) is 2.55. The number of rotatable bonds is 1. The highest BCUT2D eigenvalue weighted by atomic mass is 35.5. The van der Waals surface area contributed by atoms with Crippen molar-refractivity contribution in [3.63, 3.8) is 0 Å². The second-order valence-corrected chi connectivity index (χ2v) is 3.23. The summed E-state index contributed by atoms with van der Waals surface area (Å²) in [4.78, 5) is 0. The van der Waals surface area contributed by atoms with Crippen molar-refractivity contribution in [1.82, 2.24) is 0 Å². The topological polar surface area (TPSA) is 0 Å². The van der Waals surface area contributed by atoms with Gasteiger partial charge in [-0.2, -0.15) is 13.2 Å². The zero-order valence-corrected chi connectivity index (χ0v) is 8.14. The molecule has 0 heterocycles. The molecular weight excluding hydrogens is 243 g/mol. The third kappa shape index (κ3) is 2.30. The Kier molecular flexibility index (Phi) is 3.27. The van der Waals surface area contributed by atoms with Gasteiger partial charge < -0.3 is 0 Å². The number of benzene rings is 1. The molecule has 0 bridgehead atoms. The summed E-state index contributed by atoms with van der Waals surface area (Å²) < 4.78 is 49.8. The molecule has 0 saturated carbocycles. The molecule has 0 aliphatic carbocycles. The van der Waals surface area contributed by atoms with Gasteiger partial charge in [-0.3, -0.25) is 0 Å². The maximum absolute atomic E-state index is 12.7. The molecule has 78 valence electrons. The molecule has 0 fully saturated rings. The molecule has 0 radical (unpaired) electrons. The van der Waals surface area contributed by atoms with Gasteiger partial charge in [0.15, 0.2) is 0 Å². The Bertz CT molecular complexity index is 346. The van der Waals surface area contributed by atoms with Crippen molar-refractivity contribution < 1.29 is 17.6 Å². The third-order valence-electron chi connectivity index (χ3n) is 1.56. The van der Waals surface area contributed by atoms with Crippen LogP contribution in [0.25, 0.3) is 0 Å². The van der Waals surface area contributed by atoms with Gasteiger partial charge in [0.2, 0.25) is 0 Å². The van der Waals surface area contributed by atoms with E-state index in [0.717, 1.165) is 6.07 Å². The van der Waals surface area contributed by atoms with Crippen LogP contribution >= 0.6 is 23.2 Å². The molecule has 0 atom stereocenters. The van der Waals surface area contributed by atoms with Crippen LogP contribution in [0.4, 0.5) is 17.6 Å². The summed E-state index contributed by atoms with van der Waals surface area (Å²) in [5, 5.41) is -0.673. The normalized spacial score (nSPS) is 11.9. The lowest BCUT2D eigenvalue weighted by Crippen LogP contribution is -2.10. The zero-order valence-electron chi connectivity index (χ0n) is 6.63. The largest absolute Gasteiger partial charge is 0.418 e. The van der Waals surface area contributed by atoms with Crippen molar-refractivity contribution in [2.24, 2.45) is 0 Å². The smallest absolute Gasteiger partial charge is 0.207 e. The van der Waals surface area contributed by atoms with E-state index in [0.29, 0.717) is 6.07 Å². The van der Waals surface area contributed by atoms with E-state index in [1.807, 2.05) is 0 Å². The van der Waals surface area contributed by atoms with Gasteiger partial charge in [-0.15, -0.1) is 11.6 Å². The lowest BCUT2D eigenvalue weighted by molar-refractivity contribution is -0.138. The maximum Gasteiger partial charge on any atom is 0.418 e. The van der Waals surface area contributed by atoms with E-state index >= 15 is 0 Å². The lowest BCUT2D eigenvalue weighted by atomic mass is 10.1. The average molecular weight is 247 g/mol. The highest BCUT2D eigenvalue weighted by Crippen LogP contribution is 2.38. The van der Waals surface area contributed by atoms with Crippen molar-refractivity contribution in [2.75, 3.05) is 0 Å². The maximum atomic E-state index is 12.7. The van der Waals surface area contributed by atoms with E-state index in [4.69, 9.17) is 23.2 Å². The second kappa shape index (κ2) is 3.95. The Morgan fingerprint density at radius 3 is 2.21 bits per heavy atom. The monoisotopic (exact) mass is 246 g/mol. The van der Waals surface area contributed by atoms with Crippen LogP contribution in [0.3, 0.4) is 0 Å². The van der Waals surface area contributed by atoms with Gasteiger partial charge in [0, 0.05) is 5.88 Å². The van der Waals surface area contributed by atoms with Gasteiger partial charge in [0.05, 0.1) is 10.6 Å². The van der Waals surface area contributed by atoms with Crippen LogP contribution in [-0.2, 0) is 12.1 Å². The van der Waals surface area contributed by atoms with E-state index in [2.05, 4.69) is 0 Å². The average Bonchev–Trinajstić information content (AvgIpc) is 1.99. The molecule has 0 aliphatic heterocycles. The van der Waals surface area contributed by atoms with Crippen molar-refractivity contribution in [3.8, 4) is 0 Å². The van der Waals surface area contributed by atoms with Crippen molar-refractivity contribution >= 4 is 23.2 Å². The van der Waals surface area contributed by atoms with Crippen LogP contribution in [0.2, 0.25) is 5.02 Å². The van der Waals surface area contributed by atoms with Gasteiger partial charge in [-0.05, 0) is 17.7 Å². The fourth-order valence-electron chi connectivity index (χ4n) is 1.05. The molecule has 0 saturated heterocycles. The van der Waals surface area contributed by atoms with Crippen molar-refractivity contribution in [2.45, 2.75) is 12.1 Å². The molecular formula is C8H4Cl2F4. The van der Waals surface area contributed by atoms with Crippen LogP contribution < -0.4 is 0 Å². The molecule has 0 spiro atoms. The van der Waals surface area contributed by atoms with Gasteiger partial charge in [-0.1, -0.05) is 11.6 Å². The zero-order chi connectivity index (χ0) is 10.9. The molecule has 0 unspecified atom stereocenters. The van der Waals surface area contributed by atoms with Crippen LogP contribution in [0.1, 0.15) is 11.1 Å². The van der Waals surface area contributed by atoms with E-state index < -0.39 is 28.5 Å². The summed E-state index contributed by atoms with van der Waals surface area (Å²) in [6.45, 7) is 0. The van der Waals surface area contributed by atoms with Crippen LogP contribution in [-0.4, -0.2) is 0 Å². The van der Waals surface area contributed by atoms with E-state index in [1.54, 1.807) is 0 Å². The van der Waals surface area contributed by atoms with Crippen LogP contribution in [0.5, 0.6) is 0 Å². The summed E-state index contributed by atoms with van der Waals surface area (Å²) in [5.74, 6) is -1.27. The van der Waals surface area contributed by atoms with Crippen molar-refractivity contribution in [1.29, 1.82) is 0 Å². The molecule has 0 N–H and O–H groups in total. The molecule has 1 aromatic carbocycles. The Labute approximate surface area is 87.4 Å². The quantitative estimate of drug-likeness (QED) is 0.514. The minimum absolute atomic E-state index is 0.357. The first-order valence-electron chi connectivity index (χ1n) is 3.47. The SMILES string of the molecule is Fc1cc(Cl)c(C(F)(F)F)c(CCl)c1. The predicted molar refractivity (Wildman–Crippen MR) is 46.0 cm³/mol. The summed E-state index contributed by atoms with van der Waals surface area (Å²) in [6.07, 6.45) is -4.62. The Morgan fingerprint density at radius 2 is 1.79 bits per heavy atom.